The van der Waals surface area contributed by atoms with Gasteiger partial charge in [-0.1, -0.05) is 0 Å². The predicted octanol–water partition coefficient (Wildman–Crippen LogP) is 0.688. The second kappa shape index (κ2) is 7.75. The summed E-state index contributed by atoms with van der Waals surface area (Å²) in [5, 5.41) is 3.06. The van der Waals surface area contributed by atoms with Crippen LogP contribution in [-0.4, -0.2) is 90.5 Å². The Balaban J connectivity index is 1.40. The molecule has 1 N–H and O–H groups in total. The summed E-state index contributed by atoms with van der Waals surface area (Å²) >= 11 is 1.97. The van der Waals surface area contributed by atoms with Gasteiger partial charge >= 0.3 is 6.03 Å². The van der Waals surface area contributed by atoms with Crippen molar-refractivity contribution in [2.75, 3.05) is 57.8 Å². The Labute approximate surface area is 142 Å². The number of carbonyl (C=O) groups excluding carboxylic acids is 2. The van der Waals surface area contributed by atoms with Gasteiger partial charge in [-0.25, -0.2) is 4.79 Å². The third-order valence-corrected chi connectivity index (χ3v) is 6.48. The zero-order chi connectivity index (χ0) is 16.2. The first-order valence-electron chi connectivity index (χ1n) is 8.74. The third kappa shape index (κ3) is 4.12. The average molecular weight is 340 g/mol. The van der Waals surface area contributed by atoms with Gasteiger partial charge in [0.15, 0.2) is 0 Å². The molecule has 23 heavy (non-hydrogen) atoms. The van der Waals surface area contributed by atoms with Crippen LogP contribution in [-0.2, 0) is 4.79 Å². The highest BCUT2D eigenvalue weighted by Gasteiger charge is 2.33. The molecule has 0 saturated carbocycles. The molecule has 0 bridgehead atoms. The van der Waals surface area contributed by atoms with Crippen LogP contribution in [0.25, 0.3) is 0 Å². The summed E-state index contributed by atoms with van der Waals surface area (Å²) in [5.74, 6) is 3.26. The average Bonchev–Trinajstić information content (AvgIpc) is 3.23. The molecule has 3 fully saturated rings. The van der Waals surface area contributed by atoms with Gasteiger partial charge in [-0.2, -0.15) is 11.8 Å². The summed E-state index contributed by atoms with van der Waals surface area (Å²) in [7, 11) is 2.03. The highest BCUT2D eigenvalue weighted by atomic mass is 32.2. The predicted molar refractivity (Wildman–Crippen MR) is 92.6 cm³/mol. The zero-order valence-electron chi connectivity index (χ0n) is 14.0. The van der Waals surface area contributed by atoms with Crippen LogP contribution in [0.2, 0.25) is 0 Å². The number of hydrogen-bond acceptors (Lipinski definition) is 4. The van der Waals surface area contributed by atoms with Gasteiger partial charge in [0.05, 0.1) is 6.04 Å². The van der Waals surface area contributed by atoms with E-state index in [0.29, 0.717) is 32.1 Å². The van der Waals surface area contributed by atoms with Crippen LogP contribution in [0.5, 0.6) is 0 Å². The van der Waals surface area contributed by atoms with Gasteiger partial charge in [0.2, 0.25) is 5.91 Å². The van der Waals surface area contributed by atoms with Crippen LogP contribution < -0.4 is 5.32 Å². The van der Waals surface area contributed by atoms with Crippen molar-refractivity contribution < 1.29 is 9.59 Å². The van der Waals surface area contributed by atoms with Crippen molar-refractivity contribution in [1.29, 1.82) is 0 Å². The maximum Gasteiger partial charge on any atom is 0.317 e. The van der Waals surface area contributed by atoms with E-state index in [0.717, 1.165) is 31.7 Å². The van der Waals surface area contributed by atoms with Crippen molar-refractivity contribution in [3.05, 3.63) is 0 Å². The first-order chi connectivity index (χ1) is 11.1. The molecule has 6 nitrogen and oxygen atoms in total. The summed E-state index contributed by atoms with van der Waals surface area (Å²) in [4.78, 5) is 30.7. The number of piperazine rings is 1. The second-order valence-electron chi connectivity index (χ2n) is 6.87. The van der Waals surface area contributed by atoms with Gasteiger partial charge in [-0.05, 0) is 50.3 Å². The lowest BCUT2D eigenvalue weighted by Crippen LogP contribution is -2.56. The van der Waals surface area contributed by atoms with Gasteiger partial charge < -0.3 is 15.1 Å². The number of thioether (sulfide) groups is 1. The number of hydrogen-bond donors (Lipinski definition) is 1. The Morgan fingerprint density at radius 1 is 1.09 bits per heavy atom. The summed E-state index contributed by atoms with van der Waals surface area (Å²) in [6, 6.07) is 0.0854. The van der Waals surface area contributed by atoms with Gasteiger partial charge in [-0.15, -0.1) is 0 Å². The number of likely N-dealkylation sites (N-methyl/N-ethyl adjacent to an activating group) is 1. The molecule has 3 heterocycles. The van der Waals surface area contributed by atoms with Crippen molar-refractivity contribution in [2.45, 2.75) is 25.3 Å². The number of nitrogens with zero attached hydrogens (tertiary/aromatic N) is 3. The summed E-state index contributed by atoms with van der Waals surface area (Å²) in [6.07, 6.45) is 3.28. The molecule has 2 atom stereocenters. The number of rotatable bonds is 3. The smallest absolute Gasteiger partial charge is 0.317 e. The van der Waals surface area contributed by atoms with E-state index in [1.807, 2.05) is 28.6 Å². The lowest BCUT2D eigenvalue weighted by Gasteiger charge is -2.37. The van der Waals surface area contributed by atoms with E-state index < -0.39 is 0 Å². The van der Waals surface area contributed by atoms with Gasteiger partial charge in [0, 0.05) is 32.7 Å². The van der Waals surface area contributed by atoms with Crippen molar-refractivity contribution in [3.8, 4) is 0 Å². The fourth-order valence-corrected chi connectivity index (χ4v) is 4.94. The molecule has 0 radical (unpaired) electrons. The van der Waals surface area contributed by atoms with Gasteiger partial charge in [0.1, 0.15) is 0 Å². The van der Waals surface area contributed by atoms with E-state index in [2.05, 4.69) is 10.2 Å². The number of carbonyl (C=O) groups is 2. The minimum absolute atomic E-state index is 0.0342. The second-order valence-corrected chi connectivity index (χ2v) is 8.02. The molecule has 0 aromatic heterocycles. The van der Waals surface area contributed by atoms with Crippen molar-refractivity contribution in [1.82, 2.24) is 20.0 Å². The maximum atomic E-state index is 12.5. The first-order valence-corrected chi connectivity index (χ1v) is 9.90. The number of nitrogens with one attached hydrogen (secondary N) is 1. The molecule has 3 aliphatic heterocycles. The van der Waals surface area contributed by atoms with E-state index >= 15 is 0 Å². The van der Waals surface area contributed by atoms with Crippen molar-refractivity contribution >= 4 is 23.7 Å². The molecule has 7 heteroatoms. The SMILES string of the molecule is CN1CCCC1C(=O)N1CCN(C(=O)NCC2CCSC2)CC1. The molecule has 0 aromatic carbocycles. The zero-order valence-corrected chi connectivity index (χ0v) is 14.8. The maximum absolute atomic E-state index is 12.5. The normalized spacial score (nSPS) is 29.1. The van der Waals surface area contributed by atoms with E-state index in [1.165, 1.54) is 12.2 Å². The minimum Gasteiger partial charge on any atom is -0.338 e. The number of urea groups is 1. The number of likely N-dealkylation sites (tertiary alicyclic amines) is 1. The van der Waals surface area contributed by atoms with Crippen molar-refractivity contribution in [3.63, 3.8) is 0 Å². The largest absolute Gasteiger partial charge is 0.338 e. The summed E-state index contributed by atoms with van der Waals surface area (Å²) < 4.78 is 0. The van der Waals surface area contributed by atoms with Gasteiger partial charge in [-0.3, -0.25) is 9.69 Å². The minimum atomic E-state index is 0.0342. The van der Waals surface area contributed by atoms with Crippen LogP contribution >= 0.6 is 11.8 Å². The Bertz CT molecular complexity index is 434. The quantitative estimate of drug-likeness (QED) is 0.821. The molecule has 3 aliphatic rings. The highest BCUT2D eigenvalue weighted by Crippen LogP contribution is 2.22. The van der Waals surface area contributed by atoms with Crippen LogP contribution in [0.4, 0.5) is 4.79 Å². The van der Waals surface area contributed by atoms with Crippen LogP contribution in [0.3, 0.4) is 0 Å². The topological polar surface area (TPSA) is 55.9 Å². The highest BCUT2D eigenvalue weighted by molar-refractivity contribution is 7.99. The Morgan fingerprint density at radius 2 is 1.83 bits per heavy atom. The van der Waals surface area contributed by atoms with E-state index in [9.17, 15) is 9.59 Å². The summed E-state index contributed by atoms with van der Waals surface area (Å²) in [6.45, 7) is 4.42. The first kappa shape index (κ1) is 16.9. The van der Waals surface area contributed by atoms with Crippen LogP contribution in [0.1, 0.15) is 19.3 Å². The molecule has 3 saturated heterocycles. The molecule has 0 aromatic rings. The van der Waals surface area contributed by atoms with E-state index in [1.54, 1.807) is 0 Å². The fourth-order valence-electron chi connectivity index (χ4n) is 3.65. The van der Waals surface area contributed by atoms with Crippen LogP contribution in [0.15, 0.2) is 0 Å². The molecule has 130 valence electrons. The Morgan fingerprint density at radius 3 is 2.43 bits per heavy atom. The van der Waals surface area contributed by atoms with Gasteiger partial charge in [0.25, 0.3) is 0 Å². The monoisotopic (exact) mass is 340 g/mol. The Hall–Kier alpha value is -0.950. The molecule has 0 spiro atoms. The van der Waals surface area contributed by atoms with Crippen molar-refractivity contribution in [2.24, 2.45) is 5.92 Å². The molecular weight excluding hydrogens is 312 g/mol. The van der Waals surface area contributed by atoms with E-state index in [4.69, 9.17) is 0 Å². The van der Waals surface area contributed by atoms with E-state index in [-0.39, 0.29) is 18.0 Å². The molecule has 2 unspecified atom stereocenters. The lowest BCUT2D eigenvalue weighted by molar-refractivity contribution is -0.137. The molecule has 3 rings (SSSR count). The molecular formula is C16H28N4O2S. The standard InChI is InChI=1S/C16H28N4O2S/c1-18-5-2-3-14(18)15(21)19-6-8-20(9-7-19)16(22)17-11-13-4-10-23-12-13/h13-14H,2-12H2,1H3,(H,17,22). The molecule has 0 aliphatic carbocycles. The fraction of sp³-hybridized carbons (Fsp3) is 0.875. The Kier molecular flexibility index (Phi) is 5.69. The lowest BCUT2D eigenvalue weighted by atomic mass is 10.1. The van der Waals surface area contributed by atoms with Crippen LogP contribution in [0, 0.1) is 5.92 Å². The third-order valence-electron chi connectivity index (χ3n) is 5.25. The molecule has 3 amide bonds. The summed E-state index contributed by atoms with van der Waals surface area (Å²) in [5.41, 5.74) is 0. The number of amides is 3.